The van der Waals surface area contributed by atoms with Crippen molar-refractivity contribution in [1.29, 1.82) is 0 Å². The van der Waals surface area contributed by atoms with Crippen LogP contribution < -0.4 is 5.32 Å². The fraction of sp³-hybridized carbons (Fsp3) is 0.462. The molecule has 1 heterocycles. The van der Waals surface area contributed by atoms with E-state index < -0.39 is 4.92 Å². The molecule has 21 heavy (non-hydrogen) atoms. The van der Waals surface area contributed by atoms with E-state index in [4.69, 9.17) is 23.8 Å². The van der Waals surface area contributed by atoms with Crippen molar-refractivity contribution in [3.63, 3.8) is 0 Å². The fourth-order valence-electron chi connectivity index (χ4n) is 2.28. The predicted octanol–water partition coefficient (Wildman–Crippen LogP) is 3.03. The van der Waals surface area contributed by atoms with Gasteiger partial charge in [-0.3, -0.25) is 10.1 Å². The molecule has 0 bridgehead atoms. The van der Waals surface area contributed by atoms with Crippen molar-refractivity contribution in [1.82, 2.24) is 10.2 Å². The molecule has 0 atom stereocenters. The van der Waals surface area contributed by atoms with Gasteiger partial charge in [0.15, 0.2) is 0 Å². The second kappa shape index (κ2) is 8.48. The van der Waals surface area contributed by atoms with E-state index in [9.17, 15) is 10.1 Å². The second-order valence-corrected chi connectivity index (χ2v) is 5.57. The van der Waals surface area contributed by atoms with Crippen molar-refractivity contribution in [2.24, 2.45) is 0 Å². The van der Waals surface area contributed by atoms with Gasteiger partial charge in [-0.15, -0.1) is 12.4 Å². The molecule has 1 N–H and O–H groups in total. The van der Waals surface area contributed by atoms with Crippen molar-refractivity contribution >= 4 is 46.9 Å². The lowest BCUT2D eigenvalue weighted by Gasteiger charge is -2.15. The Kier molecular flexibility index (Phi) is 7.31. The van der Waals surface area contributed by atoms with Gasteiger partial charge in [-0.25, -0.2) is 0 Å². The first-order valence-electron chi connectivity index (χ1n) is 6.52. The number of rotatable bonds is 5. The molecule has 116 valence electrons. The third-order valence-electron chi connectivity index (χ3n) is 3.31. The third kappa shape index (κ3) is 5.07. The van der Waals surface area contributed by atoms with Crippen molar-refractivity contribution < 1.29 is 4.92 Å². The van der Waals surface area contributed by atoms with Gasteiger partial charge in [-0.05, 0) is 38.1 Å². The zero-order valence-corrected chi connectivity index (χ0v) is 13.8. The van der Waals surface area contributed by atoms with Gasteiger partial charge >= 0.3 is 0 Å². The second-order valence-electron chi connectivity index (χ2n) is 4.72. The van der Waals surface area contributed by atoms with Crippen LogP contribution in [-0.2, 0) is 0 Å². The zero-order valence-electron chi connectivity index (χ0n) is 11.4. The molecule has 0 unspecified atom stereocenters. The lowest BCUT2D eigenvalue weighted by molar-refractivity contribution is -0.385. The Balaban J connectivity index is 0.00000220. The number of nitro groups is 1. The number of likely N-dealkylation sites (tertiary alicyclic amines) is 1. The molecule has 1 saturated heterocycles. The number of nitrogens with one attached hydrogen (secondary N) is 1. The number of nitrogens with zero attached hydrogens (tertiary/aromatic N) is 2. The number of thiocarbonyl (C=S) groups is 1. The highest BCUT2D eigenvalue weighted by Crippen LogP contribution is 2.23. The molecule has 1 aromatic rings. The van der Waals surface area contributed by atoms with Gasteiger partial charge in [-0.1, -0.05) is 23.8 Å². The standard InChI is InChI=1S/C13H16ClN3O2S.ClH/c14-10-3-4-11(12(9-10)17(18)19)13(20)15-5-8-16-6-1-2-7-16;/h3-4,9H,1-2,5-8H2,(H,15,20);1H. The molecule has 0 saturated carbocycles. The van der Waals surface area contributed by atoms with Gasteiger partial charge < -0.3 is 10.2 Å². The Labute approximate surface area is 140 Å². The largest absolute Gasteiger partial charge is 0.374 e. The minimum Gasteiger partial charge on any atom is -0.374 e. The van der Waals surface area contributed by atoms with E-state index in [-0.39, 0.29) is 18.1 Å². The Hall–Kier alpha value is -0.950. The number of nitro benzene ring substituents is 1. The van der Waals surface area contributed by atoms with Crippen LogP contribution >= 0.6 is 36.2 Å². The average Bonchev–Trinajstić information content (AvgIpc) is 2.91. The van der Waals surface area contributed by atoms with Crippen LogP contribution in [0.25, 0.3) is 0 Å². The molecule has 5 nitrogen and oxygen atoms in total. The van der Waals surface area contributed by atoms with Crippen LogP contribution in [0.15, 0.2) is 18.2 Å². The van der Waals surface area contributed by atoms with Gasteiger partial charge in [0.2, 0.25) is 0 Å². The van der Waals surface area contributed by atoms with E-state index in [0.29, 0.717) is 22.1 Å². The summed E-state index contributed by atoms with van der Waals surface area (Å²) in [5.74, 6) is 0. The van der Waals surface area contributed by atoms with Crippen molar-refractivity contribution in [3.8, 4) is 0 Å². The van der Waals surface area contributed by atoms with Gasteiger partial charge in [0.1, 0.15) is 4.99 Å². The molecule has 1 aliphatic heterocycles. The minimum absolute atomic E-state index is 0. The van der Waals surface area contributed by atoms with Gasteiger partial charge in [0.05, 0.1) is 10.5 Å². The summed E-state index contributed by atoms with van der Waals surface area (Å²) in [4.78, 5) is 13.3. The Morgan fingerprint density at radius 2 is 2.10 bits per heavy atom. The van der Waals surface area contributed by atoms with Crippen LogP contribution in [0.4, 0.5) is 5.69 Å². The van der Waals surface area contributed by atoms with Crippen LogP contribution in [0.2, 0.25) is 5.02 Å². The van der Waals surface area contributed by atoms with Gasteiger partial charge in [0.25, 0.3) is 5.69 Å². The summed E-state index contributed by atoms with van der Waals surface area (Å²) < 4.78 is 0. The van der Waals surface area contributed by atoms with Crippen LogP contribution in [0.3, 0.4) is 0 Å². The SMILES string of the molecule is Cl.O=[N+]([O-])c1cc(Cl)ccc1C(=S)NCCN1CCCC1. The molecule has 0 radical (unpaired) electrons. The number of halogens is 2. The molecule has 8 heteroatoms. The first-order valence-corrected chi connectivity index (χ1v) is 7.31. The molecule has 1 aliphatic rings. The van der Waals surface area contributed by atoms with Gasteiger partial charge in [0, 0.05) is 24.2 Å². The molecule has 2 rings (SSSR count). The van der Waals surface area contributed by atoms with Crippen LogP contribution in [0.5, 0.6) is 0 Å². The summed E-state index contributed by atoms with van der Waals surface area (Å²) >= 11 is 11.0. The maximum Gasteiger partial charge on any atom is 0.281 e. The third-order valence-corrected chi connectivity index (χ3v) is 3.91. The normalized spacial score (nSPS) is 14.5. The van der Waals surface area contributed by atoms with Crippen molar-refractivity contribution in [3.05, 3.63) is 38.9 Å². The topological polar surface area (TPSA) is 58.4 Å². The van der Waals surface area contributed by atoms with Crippen LogP contribution in [0.1, 0.15) is 18.4 Å². The zero-order chi connectivity index (χ0) is 14.5. The Bertz CT molecular complexity index is 522. The molecule has 0 amide bonds. The average molecular weight is 350 g/mol. The fourth-order valence-corrected chi connectivity index (χ4v) is 2.72. The van der Waals surface area contributed by atoms with Gasteiger partial charge in [-0.2, -0.15) is 0 Å². The highest BCUT2D eigenvalue weighted by Gasteiger charge is 2.18. The first-order chi connectivity index (χ1) is 9.58. The first kappa shape index (κ1) is 18.1. The monoisotopic (exact) mass is 349 g/mol. The maximum absolute atomic E-state index is 11.0. The molecule has 0 aliphatic carbocycles. The Morgan fingerprint density at radius 3 is 2.71 bits per heavy atom. The predicted molar refractivity (Wildman–Crippen MR) is 90.7 cm³/mol. The maximum atomic E-state index is 11.0. The molecular formula is C13H17Cl2N3O2S. The summed E-state index contributed by atoms with van der Waals surface area (Å²) in [7, 11) is 0. The lowest BCUT2D eigenvalue weighted by atomic mass is 10.2. The van der Waals surface area contributed by atoms with E-state index >= 15 is 0 Å². The summed E-state index contributed by atoms with van der Waals surface area (Å²) in [6, 6.07) is 4.52. The number of hydrogen-bond acceptors (Lipinski definition) is 4. The molecule has 1 aromatic carbocycles. The molecule has 1 fully saturated rings. The Morgan fingerprint density at radius 1 is 1.43 bits per heavy atom. The highest BCUT2D eigenvalue weighted by molar-refractivity contribution is 7.80. The molecule has 0 spiro atoms. The van der Waals surface area contributed by atoms with E-state index in [1.807, 2.05) is 0 Å². The van der Waals surface area contributed by atoms with Crippen LogP contribution in [0, 0.1) is 10.1 Å². The summed E-state index contributed by atoms with van der Waals surface area (Å²) in [5.41, 5.74) is 0.354. The van der Waals surface area contributed by atoms with E-state index in [1.165, 1.54) is 18.9 Å². The summed E-state index contributed by atoms with van der Waals surface area (Å²) in [6.45, 7) is 3.84. The molecule has 0 aromatic heterocycles. The minimum atomic E-state index is -0.463. The summed E-state index contributed by atoms with van der Waals surface area (Å²) in [6.07, 6.45) is 2.49. The van der Waals surface area contributed by atoms with Crippen LogP contribution in [-0.4, -0.2) is 41.0 Å². The van der Waals surface area contributed by atoms with E-state index in [0.717, 1.165) is 19.6 Å². The van der Waals surface area contributed by atoms with E-state index in [2.05, 4.69) is 10.2 Å². The lowest BCUT2D eigenvalue weighted by Crippen LogP contribution is -2.33. The van der Waals surface area contributed by atoms with E-state index in [1.54, 1.807) is 12.1 Å². The van der Waals surface area contributed by atoms with Crippen molar-refractivity contribution in [2.75, 3.05) is 26.2 Å². The smallest absolute Gasteiger partial charge is 0.281 e. The highest BCUT2D eigenvalue weighted by atomic mass is 35.5. The number of hydrogen-bond donors (Lipinski definition) is 1. The number of benzene rings is 1. The molecular weight excluding hydrogens is 333 g/mol. The quantitative estimate of drug-likeness (QED) is 0.503. The summed E-state index contributed by atoms with van der Waals surface area (Å²) in [5, 5.41) is 14.4. The van der Waals surface area contributed by atoms with Crippen molar-refractivity contribution in [2.45, 2.75) is 12.8 Å².